The predicted molar refractivity (Wildman–Crippen MR) is 73.2 cm³/mol. The van der Waals surface area contributed by atoms with Gasteiger partial charge in [0.05, 0.1) is 0 Å². The van der Waals surface area contributed by atoms with E-state index in [9.17, 15) is 12.8 Å². The molecule has 1 aromatic rings. The molecule has 1 aliphatic rings. The molecule has 2 rings (SSSR count). The van der Waals surface area contributed by atoms with Crippen molar-refractivity contribution in [2.45, 2.75) is 43.5 Å². The van der Waals surface area contributed by atoms with Crippen LogP contribution in [0.4, 0.5) is 4.39 Å². The second-order valence-electron chi connectivity index (χ2n) is 4.75. The SMILES string of the molecule is CCC1CCCCN1S(=O)(=O)c1ccc(Cl)cc1F. The van der Waals surface area contributed by atoms with Gasteiger partial charge in [-0.05, 0) is 37.5 Å². The summed E-state index contributed by atoms with van der Waals surface area (Å²) in [4.78, 5) is -0.280. The Bertz CT molecular complexity index is 562. The summed E-state index contributed by atoms with van der Waals surface area (Å²) in [7, 11) is -3.77. The van der Waals surface area contributed by atoms with E-state index in [2.05, 4.69) is 0 Å². The van der Waals surface area contributed by atoms with Crippen molar-refractivity contribution >= 4 is 21.6 Å². The summed E-state index contributed by atoms with van der Waals surface area (Å²) in [5, 5.41) is 0.196. The lowest BCUT2D eigenvalue weighted by atomic mass is 10.0. The van der Waals surface area contributed by atoms with Crippen molar-refractivity contribution in [3.05, 3.63) is 29.0 Å². The van der Waals surface area contributed by atoms with Gasteiger partial charge in [0.2, 0.25) is 10.0 Å². The Balaban J connectivity index is 2.40. The van der Waals surface area contributed by atoms with Gasteiger partial charge in [0.15, 0.2) is 0 Å². The van der Waals surface area contributed by atoms with Crippen LogP contribution in [0.15, 0.2) is 23.1 Å². The van der Waals surface area contributed by atoms with Crippen molar-refractivity contribution < 1.29 is 12.8 Å². The summed E-state index contributed by atoms with van der Waals surface area (Å²) in [6, 6.07) is 3.66. The molecule has 1 unspecified atom stereocenters. The van der Waals surface area contributed by atoms with Gasteiger partial charge in [-0.2, -0.15) is 4.31 Å². The van der Waals surface area contributed by atoms with Crippen molar-refractivity contribution in [2.75, 3.05) is 6.54 Å². The molecule has 1 heterocycles. The van der Waals surface area contributed by atoms with Crippen LogP contribution in [0.5, 0.6) is 0 Å². The van der Waals surface area contributed by atoms with E-state index < -0.39 is 15.8 Å². The maximum atomic E-state index is 13.8. The summed E-state index contributed by atoms with van der Waals surface area (Å²) in [6.45, 7) is 2.42. The van der Waals surface area contributed by atoms with E-state index in [0.29, 0.717) is 6.54 Å². The number of benzene rings is 1. The predicted octanol–water partition coefficient (Wildman–Crippen LogP) is 3.43. The minimum absolute atomic E-state index is 0.0335. The van der Waals surface area contributed by atoms with Crippen LogP contribution >= 0.6 is 11.6 Å². The Labute approximate surface area is 118 Å². The van der Waals surface area contributed by atoms with Crippen LogP contribution in [0.3, 0.4) is 0 Å². The Kier molecular flexibility index (Phi) is 4.48. The topological polar surface area (TPSA) is 37.4 Å². The first-order valence-electron chi connectivity index (χ1n) is 6.43. The third kappa shape index (κ3) is 2.93. The van der Waals surface area contributed by atoms with E-state index >= 15 is 0 Å². The number of halogens is 2. The molecule has 1 fully saturated rings. The standard InChI is InChI=1S/C13H17ClFNO2S/c1-2-11-5-3-4-8-16(11)19(17,18)13-7-6-10(14)9-12(13)15/h6-7,9,11H,2-5,8H2,1H3. The zero-order valence-electron chi connectivity index (χ0n) is 10.8. The number of hydrogen-bond donors (Lipinski definition) is 0. The molecule has 0 spiro atoms. The molecule has 0 radical (unpaired) electrons. The zero-order valence-corrected chi connectivity index (χ0v) is 12.3. The van der Waals surface area contributed by atoms with Crippen LogP contribution in [0.1, 0.15) is 32.6 Å². The number of nitrogens with zero attached hydrogens (tertiary/aromatic N) is 1. The van der Waals surface area contributed by atoms with E-state index in [1.54, 1.807) is 0 Å². The second-order valence-corrected chi connectivity index (χ2v) is 7.04. The molecule has 0 bridgehead atoms. The summed E-state index contributed by atoms with van der Waals surface area (Å²) < 4.78 is 40.3. The summed E-state index contributed by atoms with van der Waals surface area (Å²) >= 11 is 5.66. The molecule has 19 heavy (non-hydrogen) atoms. The fourth-order valence-electron chi connectivity index (χ4n) is 2.51. The highest BCUT2D eigenvalue weighted by Gasteiger charge is 2.34. The number of sulfonamides is 1. The lowest BCUT2D eigenvalue weighted by Crippen LogP contribution is -2.43. The molecule has 0 aromatic heterocycles. The minimum Gasteiger partial charge on any atom is -0.207 e. The highest BCUT2D eigenvalue weighted by molar-refractivity contribution is 7.89. The van der Waals surface area contributed by atoms with Gasteiger partial charge in [-0.15, -0.1) is 0 Å². The molecule has 0 N–H and O–H groups in total. The van der Waals surface area contributed by atoms with Gasteiger partial charge in [-0.3, -0.25) is 0 Å². The molecule has 106 valence electrons. The van der Waals surface area contributed by atoms with Gasteiger partial charge in [-0.1, -0.05) is 24.9 Å². The van der Waals surface area contributed by atoms with E-state index in [4.69, 9.17) is 11.6 Å². The molecular weight excluding hydrogens is 289 g/mol. The lowest BCUT2D eigenvalue weighted by Gasteiger charge is -2.34. The van der Waals surface area contributed by atoms with Crippen molar-refractivity contribution in [3.8, 4) is 0 Å². The van der Waals surface area contributed by atoms with E-state index in [1.807, 2.05) is 6.92 Å². The lowest BCUT2D eigenvalue weighted by molar-refractivity contribution is 0.246. The second kappa shape index (κ2) is 5.77. The molecule has 1 atom stereocenters. The fourth-order valence-corrected chi connectivity index (χ4v) is 4.48. The Morgan fingerprint density at radius 2 is 2.16 bits per heavy atom. The summed E-state index contributed by atoms with van der Waals surface area (Å²) in [5.41, 5.74) is 0. The Morgan fingerprint density at radius 3 is 2.79 bits per heavy atom. The van der Waals surface area contributed by atoms with Crippen LogP contribution in [-0.2, 0) is 10.0 Å². The van der Waals surface area contributed by atoms with Crippen LogP contribution in [-0.4, -0.2) is 25.3 Å². The van der Waals surface area contributed by atoms with Crippen molar-refractivity contribution in [3.63, 3.8) is 0 Å². The van der Waals surface area contributed by atoms with Gasteiger partial charge in [0.1, 0.15) is 10.7 Å². The normalized spacial score (nSPS) is 21.5. The maximum absolute atomic E-state index is 13.8. The molecule has 1 saturated heterocycles. The first kappa shape index (κ1) is 14.8. The van der Waals surface area contributed by atoms with E-state index in [-0.39, 0.29) is 16.0 Å². The molecule has 0 aliphatic carbocycles. The van der Waals surface area contributed by atoms with Crippen LogP contribution in [0, 0.1) is 5.82 Å². The van der Waals surface area contributed by atoms with Crippen LogP contribution in [0.25, 0.3) is 0 Å². The van der Waals surface area contributed by atoms with Gasteiger partial charge in [0.25, 0.3) is 0 Å². The molecule has 0 saturated carbocycles. The number of piperidine rings is 1. The van der Waals surface area contributed by atoms with Crippen LogP contribution in [0.2, 0.25) is 5.02 Å². The molecule has 3 nitrogen and oxygen atoms in total. The van der Waals surface area contributed by atoms with E-state index in [0.717, 1.165) is 31.7 Å². The highest BCUT2D eigenvalue weighted by Crippen LogP contribution is 2.29. The molecule has 1 aromatic carbocycles. The third-order valence-electron chi connectivity index (χ3n) is 3.52. The average molecular weight is 306 g/mol. The largest absolute Gasteiger partial charge is 0.246 e. The van der Waals surface area contributed by atoms with E-state index in [1.165, 1.54) is 16.4 Å². The zero-order chi connectivity index (χ0) is 14.0. The van der Waals surface area contributed by atoms with Crippen LogP contribution < -0.4 is 0 Å². The monoisotopic (exact) mass is 305 g/mol. The van der Waals surface area contributed by atoms with Crippen molar-refractivity contribution in [2.24, 2.45) is 0 Å². The minimum atomic E-state index is -3.77. The first-order valence-corrected chi connectivity index (χ1v) is 8.25. The Hall–Kier alpha value is -0.650. The van der Waals surface area contributed by atoms with Gasteiger partial charge in [0, 0.05) is 17.6 Å². The number of rotatable bonds is 3. The number of hydrogen-bond acceptors (Lipinski definition) is 2. The average Bonchev–Trinajstić information content (AvgIpc) is 2.38. The highest BCUT2D eigenvalue weighted by atomic mass is 35.5. The van der Waals surface area contributed by atoms with Crippen molar-refractivity contribution in [1.82, 2.24) is 4.31 Å². The Morgan fingerprint density at radius 1 is 1.42 bits per heavy atom. The molecule has 0 amide bonds. The summed E-state index contributed by atoms with van der Waals surface area (Å²) in [6.07, 6.45) is 3.43. The molecular formula is C13H17ClFNO2S. The van der Waals surface area contributed by atoms with Gasteiger partial charge in [-0.25, -0.2) is 12.8 Å². The quantitative estimate of drug-likeness (QED) is 0.858. The maximum Gasteiger partial charge on any atom is 0.246 e. The molecule has 1 aliphatic heterocycles. The van der Waals surface area contributed by atoms with Gasteiger partial charge < -0.3 is 0 Å². The first-order chi connectivity index (χ1) is 8.96. The summed E-state index contributed by atoms with van der Waals surface area (Å²) in [5.74, 6) is -0.784. The smallest absolute Gasteiger partial charge is 0.207 e. The third-order valence-corrected chi connectivity index (χ3v) is 5.75. The van der Waals surface area contributed by atoms with Gasteiger partial charge >= 0.3 is 0 Å². The molecule has 6 heteroatoms. The van der Waals surface area contributed by atoms with Crippen molar-refractivity contribution in [1.29, 1.82) is 0 Å². The fraction of sp³-hybridized carbons (Fsp3) is 0.538.